The van der Waals surface area contributed by atoms with E-state index in [1.165, 1.54) is 24.3 Å². The van der Waals surface area contributed by atoms with Gasteiger partial charge in [-0.15, -0.1) is 0 Å². The van der Waals surface area contributed by atoms with E-state index in [1.807, 2.05) is 12.1 Å². The minimum Gasteiger partial charge on any atom is -0.472 e. The van der Waals surface area contributed by atoms with Crippen LogP contribution in [0.2, 0.25) is 0 Å². The maximum absolute atomic E-state index is 13.4. The number of hydrogen-bond acceptors (Lipinski definition) is 2. The van der Waals surface area contributed by atoms with Crippen LogP contribution in [0.4, 0.5) is 8.78 Å². The van der Waals surface area contributed by atoms with Gasteiger partial charge in [-0.1, -0.05) is 30.3 Å². The Morgan fingerprint density at radius 1 is 1.00 bits per heavy atom. The van der Waals surface area contributed by atoms with E-state index >= 15 is 0 Å². The molecule has 0 saturated heterocycles. The molecule has 1 saturated carbocycles. The van der Waals surface area contributed by atoms with Crippen LogP contribution in [-0.4, -0.2) is 12.5 Å². The molecule has 5 heteroatoms. The minimum atomic E-state index is -0.358. The fraction of sp³-hybridized carbons (Fsp3) is 0.269. The smallest absolute Gasteiger partial charge is 0.243 e. The molecule has 0 aliphatic heterocycles. The Bertz CT molecular complexity index is 979. The third-order valence-corrected chi connectivity index (χ3v) is 5.98. The van der Waals surface area contributed by atoms with Gasteiger partial charge in [-0.3, -0.25) is 4.79 Å². The zero-order valence-corrected chi connectivity index (χ0v) is 17.2. The molecule has 0 unspecified atom stereocenters. The van der Waals surface area contributed by atoms with E-state index in [0.717, 1.165) is 42.4 Å². The molecular formula is C26H25F2NO2. The first-order chi connectivity index (χ1) is 15.1. The van der Waals surface area contributed by atoms with Crippen molar-refractivity contribution < 1.29 is 18.0 Å². The van der Waals surface area contributed by atoms with Crippen molar-refractivity contribution in [3.63, 3.8) is 0 Å². The van der Waals surface area contributed by atoms with Crippen molar-refractivity contribution in [1.29, 1.82) is 0 Å². The van der Waals surface area contributed by atoms with Gasteiger partial charge < -0.3 is 9.73 Å². The number of furan rings is 1. The highest BCUT2D eigenvalue weighted by Crippen LogP contribution is 2.59. The molecule has 3 nitrogen and oxygen atoms in total. The third kappa shape index (κ3) is 4.93. The second kappa shape index (κ2) is 9.29. The van der Waals surface area contributed by atoms with Crippen molar-refractivity contribution in [2.24, 2.45) is 5.92 Å². The van der Waals surface area contributed by atoms with Crippen LogP contribution in [0.3, 0.4) is 0 Å². The Balaban J connectivity index is 1.35. The molecule has 1 aliphatic rings. The van der Waals surface area contributed by atoms with E-state index < -0.39 is 0 Å². The summed E-state index contributed by atoms with van der Waals surface area (Å²) in [5.74, 6) is -0.617. The van der Waals surface area contributed by atoms with Gasteiger partial charge in [-0.05, 0) is 84.7 Å². The number of rotatable bonds is 9. The van der Waals surface area contributed by atoms with Crippen LogP contribution < -0.4 is 5.32 Å². The molecule has 1 aromatic heterocycles. The van der Waals surface area contributed by atoms with Crippen LogP contribution >= 0.6 is 0 Å². The molecule has 3 aromatic rings. The number of unbranched alkanes of at least 4 members (excludes halogenated alkanes) is 1. The Labute approximate surface area is 180 Å². The average Bonchev–Trinajstić information content (AvgIpc) is 3.26. The first kappa shape index (κ1) is 21.0. The first-order valence-electron chi connectivity index (χ1n) is 10.6. The van der Waals surface area contributed by atoms with E-state index in [-0.39, 0.29) is 28.9 Å². The van der Waals surface area contributed by atoms with Crippen LogP contribution in [0.5, 0.6) is 0 Å². The van der Waals surface area contributed by atoms with Crippen LogP contribution in [0.1, 0.15) is 36.0 Å². The summed E-state index contributed by atoms with van der Waals surface area (Å²) in [6.07, 6.45) is 10.5. The van der Waals surface area contributed by atoms with Crippen LogP contribution in [0.15, 0.2) is 83.7 Å². The van der Waals surface area contributed by atoms with Crippen LogP contribution in [0.25, 0.3) is 0 Å². The number of carbonyl (C=O) groups excluding carboxylic acids is 1. The molecule has 1 aliphatic carbocycles. The molecule has 1 fully saturated rings. The summed E-state index contributed by atoms with van der Waals surface area (Å²) in [7, 11) is 0. The second-order valence-corrected chi connectivity index (χ2v) is 8.03. The molecule has 0 spiro atoms. The van der Waals surface area contributed by atoms with Gasteiger partial charge in [0.2, 0.25) is 5.91 Å². The maximum Gasteiger partial charge on any atom is 0.243 e. The van der Waals surface area contributed by atoms with Crippen molar-refractivity contribution in [2.75, 3.05) is 6.54 Å². The van der Waals surface area contributed by atoms with E-state index in [1.54, 1.807) is 42.9 Å². The first-order valence-corrected chi connectivity index (χ1v) is 10.6. The molecular weight excluding hydrogens is 396 g/mol. The predicted molar refractivity (Wildman–Crippen MR) is 115 cm³/mol. The van der Waals surface area contributed by atoms with E-state index in [9.17, 15) is 13.6 Å². The lowest BCUT2D eigenvalue weighted by atomic mass is 9.85. The Hall–Kier alpha value is -3.21. The Kier molecular flexibility index (Phi) is 6.31. The SMILES string of the molecule is O=C(C=C[C@@H]1CC1(c1ccc(F)cc1)c1ccc(F)cc1)NCCCCc1ccoc1. The monoisotopic (exact) mass is 421 g/mol. The molecule has 0 bridgehead atoms. The van der Waals surface area contributed by atoms with Gasteiger partial charge in [0, 0.05) is 12.0 Å². The topological polar surface area (TPSA) is 42.2 Å². The molecule has 0 radical (unpaired) electrons. The second-order valence-electron chi connectivity index (χ2n) is 8.03. The summed E-state index contributed by atoms with van der Waals surface area (Å²) in [6, 6.07) is 14.8. The summed E-state index contributed by atoms with van der Waals surface area (Å²) in [5, 5.41) is 2.92. The highest BCUT2D eigenvalue weighted by atomic mass is 19.1. The van der Waals surface area contributed by atoms with Crippen molar-refractivity contribution in [3.05, 3.63) is 108 Å². The van der Waals surface area contributed by atoms with Crippen molar-refractivity contribution in [1.82, 2.24) is 5.32 Å². The number of nitrogens with one attached hydrogen (secondary N) is 1. The molecule has 1 amide bonds. The fourth-order valence-corrected chi connectivity index (χ4v) is 4.21. The minimum absolute atomic E-state index is 0.0928. The largest absolute Gasteiger partial charge is 0.472 e. The summed E-state index contributed by atoms with van der Waals surface area (Å²) in [4.78, 5) is 12.2. The molecule has 1 N–H and O–H groups in total. The van der Waals surface area contributed by atoms with E-state index in [2.05, 4.69) is 5.32 Å². The van der Waals surface area contributed by atoms with Crippen LogP contribution in [0, 0.1) is 17.6 Å². The number of allylic oxidation sites excluding steroid dienone is 1. The predicted octanol–water partition coefficient (Wildman–Crippen LogP) is 5.56. The zero-order valence-electron chi connectivity index (χ0n) is 17.2. The molecule has 2 aromatic carbocycles. The summed E-state index contributed by atoms with van der Waals surface area (Å²) >= 11 is 0. The van der Waals surface area contributed by atoms with Gasteiger partial charge in [0.15, 0.2) is 0 Å². The number of carbonyl (C=O) groups is 1. The molecule has 160 valence electrons. The fourth-order valence-electron chi connectivity index (χ4n) is 4.21. The van der Waals surface area contributed by atoms with Crippen molar-refractivity contribution in [2.45, 2.75) is 31.1 Å². The molecule has 4 rings (SSSR count). The third-order valence-electron chi connectivity index (χ3n) is 5.98. The zero-order chi connectivity index (χ0) is 21.7. The standard InChI is InChI=1S/C26H25F2NO2/c27-23-9-4-20(5-10-23)26(21-6-11-24(28)12-7-21)17-22(26)8-13-25(30)29-15-2-1-3-19-14-16-31-18-19/h4-14,16,18,22H,1-3,15,17H2,(H,29,30)/t22-/m1/s1. The Morgan fingerprint density at radius 3 is 2.23 bits per heavy atom. The maximum atomic E-state index is 13.4. The van der Waals surface area contributed by atoms with Gasteiger partial charge in [0.05, 0.1) is 12.5 Å². The van der Waals surface area contributed by atoms with Crippen molar-refractivity contribution >= 4 is 5.91 Å². The molecule has 1 atom stereocenters. The number of hydrogen-bond donors (Lipinski definition) is 1. The van der Waals surface area contributed by atoms with Gasteiger partial charge in [-0.25, -0.2) is 8.78 Å². The van der Waals surface area contributed by atoms with E-state index in [0.29, 0.717) is 6.54 Å². The van der Waals surface area contributed by atoms with Crippen LogP contribution in [-0.2, 0) is 16.6 Å². The lowest BCUT2D eigenvalue weighted by Gasteiger charge is -2.18. The highest BCUT2D eigenvalue weighted by Gasteiger charge is 2.55. The highest BCUT2D eigenvalue weighted by molar-refractivity contribution is 5.87. The summed E-state index contributed by atoms with van der Waals surface area (Å²) < 4.78 is 31.9. The van der Waals surface area contributed by atoms with Gasteiger partial charge in [-0.2, -0.15) is 0 Å². The van der Waals surface area contributed by atoms with Gasteiger partial charge >= 0.3 is 0 Å². The van der Waals surface area contributed by atoms with Crippen molar-refractivity contribution in [3.8, 4) is 0 Å². The quantitative estimate of drug-likeness (QED) is 0.363. The summed E-state index contributed by atoms with van der Waals surface area (Å²) in [6.45, 7) is 0.618. The molecule has 1 heterocycles. The number of amides is 1. The number of halogens is 2. The number of aryl methyl sites for hydroxylation is 1. The Morgan fingerprint density at radius 2 is 1.65 bits per heavy atom. The van der Waals surface area contributed by atoms with E-state index in [4.69, 9.17) is 4.42 Å². The van der Waals surface area contributed by atoms with Gasteiger partial charge in [0.1, 0.15) is 11.6 Å². The normalized spacial score (nSPS) is 17.0. The number of benzene rings is 2. The lowest BCUT2D eigenvalue weighted by Crippen LogP contribution is -2.22. The van der Waals surface area contributed by atoms with Gasteiger partial charge in [0.25, 0.3) is 0 Å². The molecule has 31 heavy (non-hydrogen) atoms. The summed E-state index contributed by atoms with van der Waals surface area (Å²) in [5.41, 5.74) is 2.74. The lowest BCUT2D eigenvalue weighted by molar-refractivity contribution is -0.116. The average molecular weight is 421 g/mol.